The standard InChI is InChI=1S/C27H24N4/c1-18-19(2)31(22-16-10-5-11-17-22)27-23(18)25(28)29-26(30-27)24(20-12-6-3-7-13-20)21-14-8-4-9-15-21/h3-17,24H,1-2H3,(H2,28,29,30). The zero-order valence-electron chi connectivity index (χ0n) is 17.7. The van der Waals surface area contributed by atoms with E-state index in [1.165, 1.54) is 0 Å². The largest absolute Gasteiger partial charge is 0.383 e. The van der Waals surface area contributed by atoms with Gasteiger partial charge in [0.1, 0.15) is 11.6 Å². The van der Waals surface area contributed by atoms with Crippen molar-refractivity contribution in [2.45, 2.75) is 19.8 Å². The van der Waals surface area contributed by atoms with Crippen LogP contribution < -0.4 is 5.73 Å². The number of nitrogens with two attached hydrogens (primary N) is 1. The molecule has 152 valence electrons. The van der Waals surface area contributed by atoms with E-state index in [0.717, 1.165) is 39.1 Å². The molecule has 31 heavy (non-hydrogen) atoms. The first-order valence-corrected chi connectivity index (χ1v) is 10.5. The third kappa shape index (κ3) is 3.26. The maximum absolute atomic E-state index is 6.55. The molecule has 0 bridgehead atoms. The van der Waals surface area contributed by atoms with Crippen LogP contribution >= 0.6 is 0 Å². The molecule has 2 N–H and O–H groups in total. The Hall–Kier alpha value is -3.92. The van der Waals surface area contributed by atoms with E-state index >= 15 is 0 Å². The SMILES string of the molecule is Cc1c(C)n(-c2ccccc2)c2nc(C(c3ccccc3)c3ccccc3)nc(N)c12. The lowest BCUT2D eigenvalue weighted by Gasteiger charge is -2.18. The second-order valence-corrected chi connectivity index (χ2v) is 7.80. The second kappa shape index (κ2) is 7.73. The zero-order valence-corrected chi connectivity index (χ0v) is 17.7. The first-order valence-electron chi connectivity index (χ1n) is 10.5. The van der Waals surface area contributed by atoms with Gasteiger partial charge >= 0.3 is 0 Å². The minimum Gasteiger partial charge on any atom is -0.383 e. The van der Waals surface area contributed by atoms with Crippen molar-refractivity contribution in [2.24, 2.45) is 0 Å². The molecule has 2 aromatic heterocycles. The van der Waals surface area contributed by atoms with Gasteiger partial charge in [-0.2, -0.15) is 0 Å². The Kier molecular flexibility index (Phi) is 4.75. The van der Waals surface area contributed by atoms with Gasteiger partial charge in [-0.15, -0.1) is 0 Å². The van der Waals surface area contributed by atoms with Crippen LogP contribution in [0.3, 0.4) is 0 Å². The predicted molar refractivity (Wildman–Crippen MR) is 127 cm³/mol. The Balaban J connectivity index is 1.80. The molecule has 0 spiro atoms. The van der Waals surface area contributed by atoms with Gasteiger partial charge in [-0.25, -0.2) is 9.97 Å². The van der Waals surface area contributed by atoms with E-state index in [-0.39, 0.29) is 5.92 Å². The van der Waals surface area contributed by atoms with Crippen LogP contribution in [0.5, 0.6) is 0 Å². The highest BCUT2D eigenvalue weighted by molar-refractivity contribution is 5.92. The van der Waals surface area contributed by atoms with E-state index < -0.39 is 0 Å². The molecule has 5 aromatic rings. The van der Waals surface area contributed by atoms with Crippen LogP contribution in [0, 0.1) is 13.8 Å². The van der Waals surface area contributed by atoms with Crippen LogP contribution in [0.4, 0.5) is 5.82 Å². The summed E-state index contributed by atoms with van der Waals surface area (Å²) in [6.45, 7) is 4.19. The Labute approximate surface area is 182 Å². The summed E-state index contributed by atoms with van der Waals surface area (Å²) in [7, 11) is 0. The normalized spacial score (nSPS) is 11.3. The van der Waals surface area contributed by atoms with Crippen molar-refractivity contribution in [1.29, 1.82) is 0 Å². The number of rotatable bonds is 4. The highest BCUT2D eigenvalue weighted by Crippen LogP contribution is 2.35. The first kappa shape index (κ1) is 19.1. The molecule has 0 saturated heterocycles. The summed E-state index contributed by atoms with van der Waals surface area (Å²) in [6, 6.07) is 31.0. The average molecular weight is 405 g/mol. The molecular formula is C27H24N4. The second-order valence-electron chi connectivity index (χ2n) is 7.80. The number of aryl methyl sites for hydroxylation is 1. The highest BCUT2D eigenvalue weighted by atomic mass is 15.1. The fraction of sp³-hybridized carbons (Fsp3) is 0.111. The van der Waals surface area contributed by atoms with E-state index in [1.807, 2.05) is 54.6 Å². The summed E-state index contributed by atoms with van der Waals surface area (Å²) in [5, 5.41) is 0.921. The quantitative estimate of drug-likeness (QED) is 0.412. The predicted octanol–water partition coefficient (Wildman–Crippen LogP) is 5.80. The average Bonchev–Trinajstić information content (AvgIpc) is 3.06. The number of hydrogen-bond acceptors (Lipinski definition) is 3. The number of benzene rings is 3. The lowest BCUT2D eigenvalue weighted by molar-refractivity contribution is 0.861. The third-order valence-electron chi connectivity index (χ3n) is 5.94. The summed E-state index contributed by atoms with van der Waals surface area (Å²) in [4.78, 5) is 9.94. The van der Waals surface area contributed by atoms with Gasteiger partial charge in [-0.3, -0.25) is 4.57 Å². The number of nitrogens with zero attached hydrogens (tertiary/aromatic N) is 3. The molecule has 0 atom stereocenters. The molecule has 0 aliphatic rings. The highest BCUT2D eigenvalue weighted by Gasteiger charge is 2.24. The van der Waals surface area contributed by atoms with Crippen molar-refractivity contribution in [3.05, 3.63) is 119 Å². The smallest absolute Gasteiger partial charge is 0.150 e. The van der Waals surface area contributed by atoms with Gasteiger partial charge in [0, 0.05) is 11.4 Å². The van der Waals surface area contributed by atoms with Crippen LogP contribution in [-0.2, 0) is 0 Å². The fourth-order valence-electron chi connectivity index (χ4n) is 4.32. The van der Waals surface area contributed by atoms with Crippen LogP contribution in [0.15, 0.2) is 91.0 Å². The van der Waals surface area contributed by atoms with Gasteiger partial charge in [-0.05, 0) is 42.7 Å². The molecule has 0 saturated carbocycles. The van der Waals surface area contributed by atoms with Crippen molar-refractivity contribution in [3.63, 3.8) is 0 Å². The fourth-order valence-corrected chi connectivity index (χ4v) is 4.32. The summed E-state index contributed by atoms with van der Waals surface area (Å²) in [5.74, 6) is 1.12. The molecule has 5 rings (SSSR count). The van der Waals surface area contributed by atoms with Crippen LogP contribution in [0.2, 0.25) is 0 Å². The summed E-state index contributed by atoms with van der Waals surface area (Å²) in [5.41, 5.74) is 13.0. The van der Waals surface area contributed by atoms with E-state index in [2.05, 4.69) is 54.8 Å². The van der Waals surface area contributed by atoms with E-state index in [4.69, 9.17) is 15.7 Å². The van der Waals surface area contributed by atoms with Gasteiger partial charge in [0.2, 0.25) is 0 Å². The Morgan fingerprint density at radius 3 is 1.77 bits per heavy atom. The van der Waals surface area contributed by atoms with Crippen molar-refractivity contribution >= 4 is 16.9 Å². The molecule has 0 unspecified atom stereocenters. The number of hydrogen-bond donors (Lipinski definition) is 1. The van der Waals surface area contributed by atoms with Gasteiger partial charge in [0.15, 0.2) is 5.65 Å². The molecule has 3 aromatic carbocycles. The number of aromatic nitrogens is 3. The third-order valence-corrected chi connectivity index (χ3v) is 5.94. The minimum atomic E-state index is -0.103. The molecule has 0 fully saturated rings. The maximum atomic E-state index is 6.55. The Bertz CT molecular complexity index is 1300. The summed E-state index contributed by atoms with van der Waals surface area (Å²) < 4.78 is 2.18. The Morgan fingerprint density at radius 2 is 1.23 bits per heavy atom. The van der Waals surface area contributed by atoms with Crippen LogP contribution in [0.25, 0.3) is 16.7 Å². The van der Waals surface area contributed by atoms with E-state index in [9.17, 15) is 0 Å². The number of nitrogen functional groups attached to an aromatic ring is 1. The Morgan fingerprint density at radius 1 is 0.710 bits per heavy atom. The molecule has 0 aliphatic heterocycles. The summed E-state index contributed by atoms with van der Waals surface area (Å²) >= 11 is 0. The molecule has 0 radical (unpaired) electrons. The number of anilines is 1. The number of para-hydroxylation sites is 1. The van der Waals surface area contributed by atoms with Gasteiger partial charge in [0.25, 0.3) is 0 Å². The van der Waals surface area contributed by atoms with Gasteiger partial charge in [-0.1, -0.05) is 78.9 Å². The van der Waals surface area contributed by atoms with Crippen LogP contribution in [-0.4, -0.2) is 14.5 Å². The van der Waals surface area contributed by atoms with Crippen molar-refractivity contribution < 1.29 is 0 Å². The molecule has 2 heterocycles. The molecule has 0 aliphatic carbocycles. The van der Waals surface area contributed by atoms with E-state index in [0.29, 0.717) is 11.6 Å². The lowest BCUT2D eigenvalue weighted by Crippen LogP contribution is -2.11. The molecule has 0 amide bonds. The van der Waals surface area contributed by atoms with Gasteiger partial charge in [0.05, 0.1) is 11.3 Å². The van der Waals surface area contributed by atoms with Crippen molar-refractivity contribution in [2.75, 3.05) is 5.73 Å². The van der Waals surface area contributed by atoms with Crippen molar-refractivity contribution in [3.8, 4) is 5.69 Å². The van der Waals surface area contributed by atoms with Crippen LogP contribution in [0.1, 0.15) is 34.1 Å². The molecule has 4 heteroatoms. The lowest BCUT2D eigenvalue weighted by atomic mass is 9.90. The summed E-state index contributed by atoms with van der Waals surface area (Å²) in [6.07, 6.45) is 0. The van der Waals surface area contributed by atoms with Crippen molar-refractivity contribution in [1.82, 2.24) is 14.5 Å². The monoisotopic (exact) mass is 404 g/mol. The molecular weight excluding hydrogens is 380 g/mol. The first-order chi connectivity index (χ1) is 15.1. The maximum Gasteiger partial charge on any atom is 0.150 e. The topological polar surface area (TPSA) is 56.7 Å². The molecule has 4 nitrogen and oxygen atoms in total. The zero-order chi connectivity index (χ0) is 21.4. The van der Waals surface area contributed by atoms with Gasteiger partial charge < -0.3 is 5.73 Å². The van der Waals surface area contributed by atoms with E-state index in [1.54, 1.807) is 0 Å². The minimum absolute atomic E-state index is 0.103. The number of fused-ring (bicyclic) bond motifs is 1.